The van der Waals surface area contributed by atoms with Crippen molar-refractivity contribution in [2.75, 3.05) is 0 Å². The van der Waals surface area contributed by atoms with E-state index in [1.165, 1.54) is 13.0 Å². The summed E-state index contributed by atoms with van der Waals surface area (Å²) in [5.74, 6) is -9.88. The molecule has 0 aromatic rings. The molecule has 0 bridgehead atoms. The van der Waals surface area contributed by atoms with Crippen molar-refractivity contribution in [2.45, 2.75) is 19.8 Å². The van der Waals surface area contributed by atoms with Crippen LogP contribution >= 0.6 is 0 Å². The van der Waals surface area contributed by atoms with Crippen LogP contribution in [0.2, 0.25) is 0 Å². The molecule has 0 radical (unpaired) electrons. The molecule has 21 heavy (non-hydrogen) atoms. The molecule has 8 heteroatoms. The van der Waals surface area contributed by atoms with Crippen LogP contribution in [0.5, 0.6) is 0 Å². The first-order chi connectivity index (χ1) is 9.65. The van der Waals surface area contributed by atoms with Crippen molar-refractivity contribution in [1.29, 1.82) is 0 Å². The van der Waals surface area contributed by atoms with E-state index in [1.807, 2.05) is 0 Å². The van der Waals surface area contributed by atoms with Crippen molar-refractivity contribution < 1.29 is 39.6 Å². The van der Waals surface area contributed by atoms with Gasteiger partial charge >= 0.3 is 23.9 Å². The second-order valence-corrected chi connectivity index (χ2v) is 5.10. The molecule has 0 heterocycles. The third-order valence-electron chi connectivity index (χ3n) is 3.77. The van der Waals surface area contributed by atoms with Crippen LogP contribution in [-0.2, 0) is 19.2 Å². The maximum absolute atomic E-state index is 11.2. The number of carbonyl (C=O) groups is 4. The quantitative estimate of drug-likeness (QED) is 0.519. The summed E-state index contributed by atoms with van der Waals surface area (Å²) in [7, 11) is 0. The van der Waals surface area contributed by atoms with E-state index in [-0.39, 0.29) is 6.42 Å². The van der Waals surface area contributed by atoms with Gasteiger partial charge in [0.1, 0.15) is 0 Å². The van der Waals surface area contributed by atoms with Crippen molar-refractivity contribution >= 4 is 23.9 Å². The van der Waals surface area contributed by atoms with E-state index in [9.17, 15) is 19.2 Å². The topological polar surface area (TPSA) is 149 Å². The highest BCUT2D eigenvalue weighted by Crippen LogP contribution is 2.39. The summed E-state index contributed by atoms with van der Waals surface area (Å²) >= 11 is 0. The molecule has 0 amide bonds. The Morgan fingerprint density at radius 3 is 2.10 bits per heavy atom. The number of carboxylic acids is 4. The van der Waals surface area contributed by atoms with E-state index >= 15 is 0 Å². The minimum Gasteiger partial charge on any atom is -0.481 e. The first-order valence-electron chi connectivity index (χ1n) is 6.23. The number of allylic oxidation sites excluding steroid dienone is 1. The van der Waals surface area contributed by atoms with E-state index in [4.69, 9.17) is 20.4 Å². The normalized spacial score (nSPS) is 26.5. The smallest absolute Gasteiger partial charge is 0.311 e. The van der Waals surface area contributed by atoms with Gasteiger partial charge in [-0.05, 0) is 19.3 Å². The van der Waals surface area contributed by atoms with Crippen molar-refractivity contribution in [2.24, 2.45) is 23.7 Å². The monoisotopic (exact) mass is 300 g/mol. The Labute approximate surface area is 119 Å². The van der Waals surface area contributed by atoms with Crippen molar-refractivity contribution in [1.82, 2.24) is 0 Å². The lowest BCUT2D eigenvalue weighted by Gasteiger charge is -2.33. The summed E-state index contributed by atoms with van der Waals surface area (Å²) < 4.78 is 0. The van der Waals surface area contributed by atoms with Crippen LogP contribution in [0.25, 0.3) is 0 Å². The third-order valence-corrected chi connectivity index (χ3v) is 3.77. The zero-order valence-electron chi connectivity index (χ0n) is 11.2. The Morgan fingerprint density at radius 1 is 1.14 bits per heavy atom. The Balaban J connectivity index is 3.16. The predicted octanol–water partition coefficient (Wildman–Crippen LogP) is 0.530. The minimum atomic E-state index is -1.34. The van der Waals surface area contributed by atoms with Gasteiger partial charge < -0.3 is 20.4 Å². The fraction of sp³-hybridized carbons (Fsp3) is 0.538. The Kier molecular flexibility index (Phi) is 5.07. The van der Waals surface area contributed by atoms with Crippen LogP contribution in [0.3, 0.4) is 0 Å². The molecule has 0 aromatic carbocycles. The molecule has 4 unspecified atom stereocenters. The molecule has 1 aliphatic carbocycles. The summed E-state index contributed by atoms with van der Waals surface area (Å²) in [6.07, 6.45) is 0.362. The lowest BCUT2D eigenvalue weighted by Crippen LogP contribution is -2.38. The van der Waals surface area contributed by atoms with Gasteiger partial charge in [-0.3, -0.25) is 19.2 Å². The van der Waals surface area contributed by atoms with Crippen molar-refractivity contribution in [3.05, 3.63) is 11.6 Å². The first-order valence-corrected chi connectivity index (χ1v) is 6.23. The summed E-state index contributed by atoms with van der Waals surface area (Å²) in [5, 5.41) is 36.1. The molecule has 0 saturated heterocycles. The minimum absolute atomic E-state index is 0.209. The molecule has 116 valence electrons. The largest absolute Gasteiger partial charge is 0.481 e. The van der Waals surface area contributed by atoms with Crippen LogP contribution in [0.4, 0.5) is 0 Å². The van der Waals surface area contributed by atoms with Gasteiger partial charge in [0.15, 0.2) is 0 Å². The molecule has 1 rings (SSSR count). The molecule has 1 aliphatic rings. The van der Waals surface area contributed by atoms with E-state index in [1.54, 1.807) is 0 Å². The number of hydrogen-bond acceptors (Lipinski definition) is 4. The van der Waals surface area contributed by atoms with Crippen molar-refractivity contribution in [3.63, 3.8) is 0 Å². The predicted molar refractivity (Wildman–Crippen MR) is 67.5 cm³/mol. The van der Waals surface area contributed by atoms with Gasteiger partial charge in [-0.15, -0.1) is 0 Å². The highest BCUT2D eigenvalue weighted by atomic mass is 16.4. The highest BCUT2D eigenvalue weighted by molar-refractivity contribution is 5.83. The van der Waals surface area contributed by atoms with Crippen LogP contribution in [0, 0.1) is 23.7 Å². The van der Waals surface area contributed by atoms with Gasteiger partial charge in [-0.25, -0.2) is 0 Å². The SMILES string of the molecule is CC1=CC(C(=O)O)C(C(=O)O)CC1C(CC(=O)O)C(=O)O. The van der Waals surface area contributed by atoms with Crippen molar-refractivity contribution in [3.8, 4) is 0 Å². The molecular formula is C13H16O8. The Bertz CT molecular complexity index is 506. The molecule has 0 aromatic heterocycles. The molecule has 4 N–H and O–H groups in total. The maximum Gasteiger partial charge on any atom is 0.311 e. The molecular weight excluding hydrogens is 284 g/mol. The number of rotatable bonds is 6. The van der Waals surface area contributed by atoms with Crippen LogP contribution < -0.4 is 0 Å². The second-order valence-electron chi connectivity index (χ2n) is 5.10. The van der Waals surface area contributed by atoms with Gasteiger partial charge in [0.05, 0.1) is 24.2 Å². The van der Waals surface area contributed by atoms with Crippen LogP contribution in [0.1, 0.15) is 19.8 Å². The molecule has 0 aliphatic heterocycles. The number of hydrogen-bond donors (Lipinski definition) is 4. The summed E-state index contributed by atoms with van der Waals surface area (Å²) in [6.45, 7) is 1.50. The fourth-order valence-electron chi connectivity index (χ4n) is 2.70. The average Bonchev–Trinajstić information content (AvgIpc) is 2.34. The van der Waals surface area contributed by atoms with Gasteiger partial charge in [0.2, 0.25) is 0 Å². The summed E-state index contributed by atoms with van der Waals surface area (Å²) in [4.78, 5) is 44.2. The molecule has 0 spiro atoms. The zero-order chi connectivity index (χ0) is 16.3. The molecule has 0 saturated carbocycles. The highest BCUT2D eigenvalue weighted by Gasteiger charge is 2.43. The van der Waals surface area contributed by atoms with Gasteiger partial charge in [-0.2, -0.15) is 0 Å². The van der Waals surface area contributed by atoms with Gasteiger partial charge in [0, 0.05) is 0 Å². The third kappa shape index (κ3) is 3.80. The van der Waals surface area contributed by atoms with E-state index in [0.29, 0.717) is 5.57 Å². The Morgan fingerprint density at radius 2 is 1.71 bits per heavy atom. The summed E-state index contributed by atoms with van der Waals surface area (Å²) in [6, 6.07) is 0. The lowest BCUT2D eigenvalue weighted by atomic mass is 9.70. The zero-order valence-corrected chi connectivity index (χ0v) is 11.2. The van der Waals surface area contributed by atoms with Crippen LogP contribution in [0.15, 0.2) is 11.6 Å². The fourth-order valence-corrected chi connectivity index (χ4v) is 2.70. The number of aliphatic carboxylic acids is 4. The van der Waals surface area contributed by atoms with E-state index < -0.39 is 54.0 Å². The Hall–Kier alpha value is -2.38. The second kappa shape index (κ2) is 6.38. The standard InChI is InChI=1S/C13H16O8/c1-5-2-7(11(16)17)8(12(18)19)3-6(5)9(13(20)21)4-10(14)15/h2,6-9H,3-4H2,1H3,(H,14,15)(H,16,17)(H,18,19)(H,20,21). The van der Waals surface area contributed by atoms with E-state index in [0.717, 1.165) is 0 Å². The number of carboxylic acid groups (broad SMARTS) is 4. The molecule has 8 nitrogen and oxygen atoms in total. The van der Waals surface area contributed by atoms with Gasteiger partial charge in [-0.1, -0.05) is 11.6 Å². The first kappa shape index (κ1) is 16.7. The molecule has 4 atom stereocenters. The average molecular weight is 300 g/mol. The maximum atomic E-state index is 11.2. The summed E-state index contributed by atoms with van der Waals surface area (Å²) in [5.41, 5.74) is 0.397. The van der Waals surface area contributed by atoms with Crippen LogP contribution in [-0.4, -0.2) is 44.3 Å². The lowest BCUT2D eigenvalue weighted by molar-refractivity contribution is -0.155. The van der Waals surface area contributed by atoms with E-state index in [2.05, 4.69) is 0 Å². The molecule has 0 fully saturated rings. The van der Waals surface area contributed by atoms with Gasteiger partial charge in [0.25, 0.3) is 0 Å².